The first-order valence-electron chi connectivity index (χ1n) is 8.97. The number of aromatic nitrogens is 5. The van der Waals surface area contributed by atoms with Crippen LogP contribution in [0.25, 0.3) is 5.65 Å². The lowest BCUT2D eigenvalue weighted by Crippen LogP contribution is -2.51. The van der Waals surface area contributed by atoms with Crippen LogP contribution in [0.4, 0.5) is 5.82 Å². The van der Waals surface area contributed by atoms with Crippen molar-refractivity contribution in [2.75, 3.05) is 18.0 Å². The van der Waals surface area contributed by atoms with Crippen LogP contribution in [-0.4, -0.2) is 55.2 Å². The maximum absolute atomic E-state index is 13.2. The molecule has 0 radical (unpaired) electrons. The van der Waals surface area contributed by atoms with E-state index in [0.717, 1.165) is 31.7 Å². The molecule has 26 heavy (non-hydrogen) atoms. The summed E-state index contributed by atoms with van der Waals surface area (Å²) in [6.07, 6.45) is 2.87. The monoisotopic (exact) mass is 349 g/mol. The molecule has 1 amide bonds. The molecular formula is C18H19N7O. The molecule has 8 nitrogen and oxygen atoms in total. The van der Waals surface area contributed by atoms with Gasteiger partial charge in [-0.2, -0.15) is 0 Å². The molecule has 1 unspecified atom stereocenters. The first-order valence-corrected chi connectivity index (χ1v) is 8.97. The van der Waals surface area contributed by atoms with Gasteiger partial charge in [-0.05, 0) is 46.5 Å². The summed E-state index contributed by atoms with van der Waals surface area (Å²) in [5.74, 6) is 0.910. The van der Waals surface area contributed by atoms with Gasteiger partial charge < -0.3 is 9.80 Å². The second-order valence-electron chi connectivity index (χ2n) is 6.87. The highest BCUT2D eigenvalue weighted by molar-refractivity contribution is 5.86. The van der Waals surface area contributed by atoms with Gasteiger partial charge in [0, 0.05) is 26.1 Å². The molecule has 2 aliphatic heterocycles. The van der Waals surface area contributed by atoms with Gasteiger partial charge in [-0.3, -0.25) is 4.79 Å². The fourth-order valence-corrected chi connectivity index (χ4v) is 3.93. The van der Waals surface area contributed by atoms with Crippen LogP contribution in [0.1, 0.15) is 24.0 Å². The van der Waals surface area contributed by atoms with Crippen molar-refractivity contribution in [1.29, 1.82) is 0 Å². The molecule has 1 saturated heterocycles. The van der Waals surface area contributed by atoms with E-state index in [1.165, 1.54) is 15.8 Å². The predicted molar refractivity (Wildman–Crippen MR) is 94.5 cm³/mol. The molecule has 0 spiro atoms. The maximum Gasteiger partial charge on any atom is 0.245 e. The molecule has 1 fully saturated rings. The van der Waals surface area contributed by atoms with Crippen molar-refractivity contribution < 1.29 is 4.79 Å². The van der Waals surface area contributed by atoms with Gasteiger partial charge >= 0.3 is 0 Å². The molecule has 0 saturated carbocycles. The van der Waals surface area contributed by atoms with Gasteiger partial charge in [0.1, 0.15) is 6.04 Å². The molecule has 0 aliphatic carbocycles. The van der Waals surface area contributed by atoms with E-state index in [0.29, 0.717) is 18.6 Å². The minimum atomic E-state index is -0.246. The lowest BCUT2D eigenvalue weighted by molar-refractivity contribution is -0.131. The highest BCUT2D eigenvalue weighted by Gasteiger charge is 2.36. The Balaban J connectivity index is 1.55. The van der Waals surface area contributed by atoms with Gasteiger partial charge in [0.2, 0.25) is 5.91 Å². The third-order valence-corrected chi connectivity index (χ3v) is 5.30. The first kappa shape index (κ1) is 15.2. The number of amides is 1. The average molecular weight is 349 g/mol. The number of benzene rings is 1. The van der Waals surface area contributed by atoms with Gasteiger partial charge in [0.25, 0.3) is 0 Å². The summed E-state index contributed by atoms with van der Waals surface area (Å²) >= 11 is 0. The van der Waals surface area contributed by atoms with Crippen LogP contribution in [0.15, 0.2) is 36.4 Å². The second-order valence-corrected chi connectivity index (χ2v) is 6.87. The standard InChI is InChI=1S/C18H19N7O/c26-18(23-9-3-4-10-23)15-11-13-5-1-2-6-14(13)12-24(15)17-8-7-16-19-21-22-25(16)20-17/h1-2,5-8,15H,3-4,9-12H2. The van der Waals surface area contributed by atoms with E-state index in [-0.39, 0.29) is 11.9 Å². The third-order valence-electron chi connectivity index (χ3n) is 5.30. The lowest BCUT2D eigenvalue weighted by Gasteiger charge is -2.38. The topological polar surface area (TPSA) is 79.5 Å². The van der Waals surface area contributed by atoms with Crippen molar-refractivity contribution in [2.45, 2.75) is 31.8 Å². The largest absolute Gasteiger partial charge is 0.341 e. The van der Waals surface area contributed by atoms with E-state index in [1.807, 2.05) is 29.2 Å². The summed E-state index contributed by atoms with van der Waals surface area (Å²) in [4.78, 5) is 17.3. The summed E-state index contributed by atoms with van der Waals surface area (Å²) in [6, 6.07) is 11.8. The number of hydrogen-bond acceptors (Lipinski definition) is 6. The van der Waals surface area contributed by atoms with Crippen molar-refractivity contribution in [3.63, 3.8) is 0 Å². The Morgan fingerprint density at radius 1 is 1.04 bits per heavy atom. The Morgan fingerprint density at radius 3 is 2.69 bits per heavy atom. The normalized spacial score (nSPS) is 19.8. The van der Waals surface area contributed by atoms with Gasteiger partial charge in [0.15, 0.2) is 11.5 Å². The quantitative estimate of drug-likeness (QED) is 0.689. The van der Waals surface area contributed by atoms with Crippen LogP contribution in [0, 0.1) is 0 Å². The smallest absolute Gasteiger partial charge is 0.245 e. The molecule has 5 rings (SSSR count). The van der Waals surface area contributed by atoms with E-state index in [2.05, 4.69) is 37.7 Å². The number of anilines is 1. The zero-order chi connectivity index (χ0) is 17.5. The van der Waals surface area contributed by atoms with Gasteiger partial charge in [-0.25, -0.2) is 0 Å². The molecular weight excluding hydrogens is 330 g/mol. The van der Waals surface area contributed by atoms with Crippen molar-refractivity contribution in [3.8, 4) is 0 Å². The molecule has 0 N–H and O–H groups in total. The molecule has 2 aromatic heterocycles. The Kier molecular flexibility index (Phi) is 3.55. The molecule has 8 heteroatoms. The van der Waals surface area contributed by atoms with E-state index >= 15 is 0 Å². The molecule has 4 heterocycles. The number of likely N-dealkylation sites (tertiary alicyclic amines) is 1. The number of rotatable bonds is 2. The van der Waals surface area contributed by atoms with E-state index < -0.39 is 0 Å². The number of carbonyl (C=O) groups is 1. The zero-order valence-corrected chi connectivity index (χ0v) is 14.3. The summed E-state index contributed by atoms with van der Waals surface area (Å²) in [7, 11) is 0. The van der Waals surface area contributed by atoms with E-state index in [9.17, 15) is 4.79 Å². The summed E-state index contributed by atoms with van der Waals surface area (Å²) < 4.78 is 1.41. The summed E-state index contributed by atoms with van der Waals surface area (Å²) in [6.45, 7) is 2.36. The van der Waals surface area contributed by atoms with Gasteiger partial charge in [-0.15, -0.1) is 14.8 Å². The van der Waals surface area contributed by atoms with Crippen LogP contribution in [0.5, 0.6) is 0 Å². The highest BCUT2D eigenvalue weighted by Crippen LogP contribution is 2.29. The Bertz CT molecular complexity index is 963. The van der Waals surface area contributed by atoms with Crippen molar-refractivity contribution in [2.24, 2.45) is 0 Å². The number of fused-ring (bicyclic) bond motifs is 2. The van der Waals surface area contributed by atoms with Gasteiger partial charge in [-0.1, -0.05) is 24.3 Å². The number of hydrogen-bond donors (Lipinski definition) is 0. The molecule has 3 aromatic rings. The fraction of sp³-hybridized carbons (Fsp3) is 0.389. The van der Waals surface area contributed by atoms with Crippen molar-refractivity contribution in [1.82, 2.24) is 30.2 Å². The number of carbonyl (C=O) groups excluding carboxylic acids is 1. The van der Waals surface area contributed by atoms with E-state index in [1.54, 1.807) is 0 Å². The Hall–Kier alpha value is -3.03. The van der Waals surface area contributed by atoms with Crippen molar-refractivity contribution in [3.05, 3.63) is 47.5 Å². The van der Waals surface area contributed by atoms with Crippen LogP contribution < -0.4 is 4.90 Å². The predicted octanol–water partition coefficient (Wildman–Crippen LogP) is 1.07. The van der Waals surface area contributed by atoms with Crippen LogP contribution in [0.3, 0.4) is 0 Å². The van der Waals surface area contributed by atoms with Crippen molar-refractivity contribution >= 4 is 17.4 Å². The first-order chi connectivity index (χ1) is 12.8. The lowest BCUT2D eigenvalue weighted by atomic mass is 9.93. The molecule has 132 valence electrons. The molecule has 1 atom stereocenters. The second kappa shape index (κ2) is 6.05. The molecule has 2 aliphatic rings. The Morgan fingerprint density at radius 2 is 1.85 bits per heavy atom. The highest BCUT2D eigenvalue weighted by atomic mass is 16.2. The fourth-order valence-electron chi connectivity index (χ4n) is 3.93. The number of tetrazole rings is 1. The average Bonchev–Trinajstić information content (AvgIpc) is 3.37. The van der Waals surface area contributed by atoms with Gasteiger partial charge in [0.05, 0.1) is 0 Å². The van der Waals surface area contributed by atoms with Crippen LogP contribution in [0.2, 0.25) is 0 Å². The van der Waals surface area contributed by atoms with E-state index in [4.69, 9.17) is 0 Å². The zero-order valence-electron chi connectivity index (χ0n) is 14.3. The van der Waals surface area contributed by atoms with Crippen LogP contribution in [-0.2, 0) is 17.8 Å². The maximum atomic E-state index is 13.2. The minimum absolute atomic E-state index is 0.190. The third kappa shape index (κ3) is 2.49. The summed E-state index contributed by atoms with van der Waals surface area (Å²) in [5.41, 5.74) is 3.06. The SMILES string of the molecule is O=C(C1Cc2ccccc2CN1c1ccc2nnnn2n1)N1CCCC1. The summed E-state index contributed by atoms with van der Waals surface area (Å²) in [5, 5.41) is 16.0. The molecule has 0 bridgehead atoms. The van der Waals surface area contributed by atoms with Crippen LogP contribution >= 0.6 is 0 Å². The minimum Gasteiger partial charge on any atom is -0.341 e. The Labute approximate surface area is 150 Å². The molecule has 1 aromatic carbocycles. The number of nitrogens with zero attached hydrogens (tertiary/aromatic N) is 7.